The first kappa shape index (κ1) is 9.82. The molecular formula is C8H5BrN2OS2. The van der Waals surface area contributed by atoms with Crippen LogP contribution in [-0.4, -0.2) is 10.9 Å². The van der Waals surface area contributed by atoms with Gasteiger partial charge in [0, 0.05) is 16.0 Å². The third kappa shape index (κ3) is 2.02. The Hall–Kier alpha value is -0.720. The molecule has 1 N–H and O–H groups in total. The molecule has 0 aliphatic carbocycles. The van der Waals surface area contributed by atoms with Crippen molar-refractivity contribution in [3.8, 4) is 0 Å². The largest absolute Gasteiger partial charge is 0.297 e. The van der Waals surface area contributed by atoms with E-state index in [0.29, 0.717) is 10.0 Å². The summed E-state index contributed by atoms with van der Waals surface area (Å²) in [7, 11) is 0. The second kappa shape index (κ2) is 4.20. The van der Waals surface area contributed by atoms with Gasteiger partial charge in [0.2, 0.25) is 0 Å². The van der Waals surface area contributed by atoms with Crippen molar-refractivity contribution >= 4 is 49.6 Å². The van der Waals surface area contributed by atoms with E-state index in [2.05, 4.69) is 26.2 Å². The molecule has 6 heteroatoms. The fourth-order valence-corrected chi connectivity index (χ4v) is 2.87. The van der Waals surface area contributed by atoms with Crippen molar-refractivity contribution in [1.82, 2.24) is 4.98 Å². The van der Waals surface area contributed by atoms with Gasteiger partial charge in [-0.25, -0.2) is 4.98 Å². The van der Waals surface area contributed by atoms with E-state index in [9.17, 15) is 4.79 Å². The summed E-state index contributed by atoms with van der Waals surface area (Å²) in [5.74, 6) is -0.123. The number of anilines is 1. The molecule has 0 unspecified atom stereocenters. The molecule has 0 fully saturated rings. The number of nitrogens with zero attached hydrogens (tertiary/aromatic N) is 1. The highest BCUT2D eigenvalue weighted by molar-refractivity contribution is 9.10. The SMILES string of the molecule is O=C(Nc1nccs1)c1sccc1Br. The second-order valence-electron chi connectivity index (χ2n) is 2.39. The lowest BCUT2D eigenvalue weighted by Crippen LogP contribution is -2.10. The van der Waals surface area contributed by atoms with Gasteiger partial charge in [-0.2, -0.15) is 0 Å². The molecule has 0 aromatic carbocycles. The maximum absolute atomic E-state index is 11.6. The van der Waals surface area contributed by atoms with Crippen molar-refractivity contribution in [2.75, 3.05) is 5.32 Å². The van der Waals surface area contributed by atoms with Gasteiger partial charge in [0.1, 0.15) is 4.88 Å². The highest BCUT2D eigenvalue weighted by Gasteiger charge is 2.12. The number of thiazole rings is 1. The lowest BCUT2D eigenvalue weighted by Gasteiger charge is -1.98. The van der Waals surface area contributed by atoms with Crippen LogP contribution in [0.25, 0.3) is 0 Å². The van der Waals surface area contributed by atoms with Crippen LogP contribution in [0.1, 0.15) is 9.67 Å². The number of rotatable bonds is 2. The second-order valence-corrected chi connectivity index (χ2v) is 5.05. The van der Waals surface area contributed by atoms with Gasteiger partial charge >= 0.3 is 0 Å². The van der Waals surface area contributed by atoms with E-state index in [1.54, 1.807) is 6.20 Å². The van der Waals surface area contributed by atoms with E-state index in [0.717, 1.165) is 4.47 Å². The third-order valence-corrected chi connectivity index (χ3v) is 4.00. The maximum atomic E-state index is 11.6. The van der Waals surface area contributed by atoms with Crippen molar-refractivity contribution in [3.63, 3.8) is 0 Å². The van der Waals surface area contributed by atoms with E-state index >= 15 is 0 Å². The molecule has 2 rings (SSSR count). The minimum absolute atomic E-state index is 0.123. The minimum Gasteiger partial charge on any atom is -0.297 e. The fraction of sp³-hybridized carbons (Fsp3) is 0. The molecular weight excluding hydrogens is 284 g/mol. The number of thiophene rings is 1. The predicted molar refractivity (Wildman–Crippen MR) is 62.1 cm³/mol. The van der Waals surface area contributed by atoms with E-state index in [1.165, 1.54) is 22.7 Å². The zero-order valence-electron chi connectivity index (χ0n) is 6.86. The van der Waals surface area contributed by atoms with Crippen molar-refractivity contribution in [2.24, 2.45) is 0 Å². The monoisotopic (exact) mass is 288 g/mol. The summed E-state index contributed by atoms with van der Waals surface area (Å²) in [5, 5.41) is 7.02. The van der Waals surface area contributed by atoms with Gasteiger partial charge < -0.3 is 0 Å². The number of halogens is 1. The quantitative estimate of drug-likeness (QED) is 0.922. The van der Waals surface area contributed by atoms with E-state index in [4.69, 9.17) is 0 Å². The summed E-state index contributed by atoms with van der Waals surface area (Å²) in [6.45, 7) is 0. The maximum Gasteiger partial charge on any atom is 0.268 e. The van der Waals surface area contributed by atoms with Gasteiger partial charge in [-0.3, -0.25) is 10.1 Å². The Morgan fingerprint density at radius 1 is 1.43 bits per heavy atom. The van der Waals surface area contributed by atoms with Crippen molar-refractivity contribution in [2.45, 2.75) is 0 Å². The van der Waals surface area contributed by atoms with Crippen LogP contribution in [0.3, 0.4) is 0 Å². The summed E-state index contributed by atoms with van der Waals surface area (Å²) < 4.78 is 0.816. The van der Waals surface area contributed by atoms with Crippen LogP contribution >= 0.6 is 38.6 Å². The van der Waals surface area contributed by atoms with Gasteiger partial charge in [0.05, 0.1) is 0 Å². The molecule has 72 valence electrons. The van der Waals surface area contributed by atoms with Gasteiger partial charge in [-0.15, -0.1) is 22.7 Å². The van der Waals surface area contributed by atoms with Crippen LogP contribution in [0, 0.1) is 0 Å². The fourth-order valence-electron chi connectivity index (χ4n) is 0.895. The zero-order chi connectivity index (χ0) is 9.97. The molecule has 0 spiro atoms. The van der Waals surface area contributed by atoms with Gasteiger partial charge in [-0.05, 0) is 27.4 Å². The van der Waals surface area contributed by atoms with Crippen LogP contribution in [0.5, 0.6) is 0 Å². The number of amides is 1. The van der Waals surface area contributed by atoms with Crippen LogP contribution in [0.2, 0.25) is 0 Å². The van der Waals surface area contributed by atoms with Gasteiger partial charge in [0.25, 0.3) is 5.91 Å². The smallest absolute Gasteiger partial charge is 0.268 e. The molecule has 0 bridgehead atoms. The summed E-state index contributed by atoms with van der Waals surface area (Å²) in [6, 6.07) is 1.85. The predicted octanol–water partition coefficient (Wildman–Crippen LogP) is 3.22. The Bertz CT molecular complexity index is 438. The number of hydrogen-bond acceptors (Lipinski definition) is 4. The standard InChI is InChI=1S/C8H5BrN2OS2/c9-5-1-3-13-6(5)7(12)11-8-10-2-4-14-8/h1-4H,(H,10,11,12). The van der Waals surface area contributed by atoms with Crippen molar-refractivity contribution in [1.29, 1.82) is 0 Å². The summed E-state index contributed by atoms with van der Waals surface area (Å²) in [6.07, 6.45) is 1.66. The Labute approximate surface area is 96.9 Å². The topological polar surface area (TPSA) is 42.0 Å². The number of aromatic nitrogens is 1. The molecule has 0 saturated heterocycles. The van der Waals surface area contributed by atoms with Gasteiger partial charge in [0.15, 0.2) is 5.13 Å². The lowest BCUT2D eigenvalue weighted by molar-refractivity contribution is 0.103. The molecule has 2 aromatic heterocycles. The molecule has 3 nitrogen and oxygen atoms in total. The Morgan fingerprint density at radius 3 is 2.86 bits per heavy atom. The van der Waals surface area contributed by atoms with Crippen LogP contribution < -0.4 is 5.32 Å². The average molecular weight is 289 g/mol. The van der Waals surface area contributed by atoms with Crippen molar-refractivity contribution < 1.29 is 4.79 Å². The molecule has 2 aromatic rings. The normalized spacial score (nSPS) is 10.1. The molecule has 0 saturated carbocycles. The van der Waals surface area contributed by atoms with Crippen LogP contribution in [0.4, 0.5) is 5.13 Å². The molecule has 0 radical (unpaired) electrons. The molecule has 2 heterocycles. The minimum atomic E-state index is -0.123. The number of carbonyl (C=O) groups excluding carboxylic acids is 1. The average Bonchev–Trinajstić information content (AvgIpc) is 2.75. The summed E-state index contributed by atoms with van der Waals surface area (Å²) in [5.41, 5.74) is 0. The Kier molecular flexibility index (Phi) is 2.95. The van der Waals surface area contributed by atoms with E-state index < -0.39 is 0 Å². The molecule has 1 amide bonds. The van der Waals surface area contributed by atoms with Crippen molar-refractivity contribution in [3.05, 3.63) is 32.4 Å². The Balaban J connectivity index is 2.14. The van der Waals surface area contributed by atoms with E-state index in [-0.39, 0.29) is 5.91 Å². The first-order chi connectivity index (χ1) is 6.77. The highest BCUT2D eigenvalue weighted by Crippen LogP contribution is 2.24. The molecule has 0 aliphatic rings. The van der Waals surface area contributed by atoms with Crippen LogP contribution in [-0.2, 0) is 0 Å². The van der Waals surface area contributed by atoms with Crippen LogP contribution in [0.15, 0.2) is 27.5 Å². The first-order valence-corrected chi connectivity index (χ1v) is 6.26. The number of nitrogens with one attached hydrogen (secondary N) is 1. The zero-order valence-corrected chi connectivity index (χ0v) is 10.1. The summed E-state index contributed by atoms with van der Waals surface area (Å²) >= 11 is 6.10. The lowest BCUT2D eigenvalue weighted by atomic mass is 10.4. The van der Waals surface area contributed by atoms with E-state index in [1.807, 2.05) is 16.8 Å². The molecule has 0 aliphatic heterocycles. The number of carbonyl (C=O) groups is 1. The molecule has 0 atom stereocenters. The molecule has 14 heavy (non-hydrogen) atoms. The highest BCUT2D eigenvalue weighted by atomic mass is 79.9. The number of hydrogen-bond donors (Lipinski definition) is 1. The first-order valence-electron chi connectivity index (χ1n) is 3.71. The summed E-state index contributed by atoms with van der Waals surface area (Å²) in [4.78, 5) is 16.3. The third-order valence-electron chi connectivity index (χ3n) is 1.48. The Morgan fingerprint density at radius 2 is 2.29 bits per heavy atom. The van der Waals surface area contributed by atoms with Gasteiger partial charge in [-0.1, -0.05) is 0 Å².